The van der Waals surface area contributed by atoms with Gasteiger partial charge in [0.2, 0.25) is 4.96 Å². The van der Waals surface area contributed by atoms with E-state index in [9.17, 15) is 0 Å². The standard InChI is InChI=1S/C14H21N5S/c1-2-14(6-8-15-9-7-14)12-18-19-11(10-4-3-5-10)16-17-13(19)20-12/h10,15H,2-9H2,1H3. The van der Waals surface area contributed by atoms with E-state index in [1.807, 2.05) is 4.52 Å². The molecule has 2 aromatic heterocycles. The van der Waals surface area contributed by atoms with Crippen molar-refractivity contribution in [3.8, 4) is 0 Å². The van der Waals surface area contributed by atoms with Crippen molar-refractivity contribution in [2.75, 3.05) is 13.1 Å². The molecule has 1 N–H and O–H groups in total. The second-order valence-corrected chi connectivity index (χ2v) is 7.13. The molecule has 20 heavy (non-hydrogen) atoms. The third kappa shape index (κ3) is 1.81. The summed E-state index contributed by atoms with van der Waals surface area (Å²) >= 11 is 1.75. The molecule has 0 unspecified atom stereocenters. The number of hydrogen-bond acceptors (Lipinski definition) is 5. The predicted molar refractivity (Wildman–Crippen MR) is 79.3 cm³/mol. The lowest BCUT2D eigenvalue weighted by molar-refractivity contribution is 0.294. The molecule has 0 atom stereocenters. The lowest BCUT2D eigenvalue weighted by Crippen LogP contribution is -2.39. The van der Waals surface area contributed by atoms with Gasteiger partial charge in [0, 0.05) is 11.3 Å². The van der Waals surface area contributed by atoms with Crippen LogP contribution in [0.5, 0.6) is 0 Å². The molecule has 4 rings (SSSR count). The average molecular weight is 291 g/mol. The monoisotopic (exact) mass is 291 g/mol. The van der Waals surface area contributed by atoms with Crippen LogP contribution in [-0.2, 0) is 5.41 Å². The van der Waals surface area contributed by atoms with Crippen LogP contribution in [0.15, 0.2) is 0 Å². The summed E-state index contributed by atoms with van der Waals surface area (Å²) in [4.78, 5) is 0.980. The molecular formula is C14H21N5S. The van der Waals surface area contributed by atoms with Gasteiger partial charge in [-0.1, -0.05) is 24.7 Å². The minimum absolute atomic E-state index is 0.257. The zero-order valence-electron chi connectivity index (χ0n) is 11.9. The second-order valence-electron chi connectivity index (χ2n) is 6.17. The minimum Gasteiger partial charge on any atom is -0.317 e. The summed E-state index contributed by atoms with van der Waals surface area (Å²) in [6, 6.07) is 0. The van der Waals surface area contributed by atoms with Crippen molar-refractivity contribution in [2.24, 2.45) is 0 Å². The molecule has 3 heterocycles. The Morgan fingerprint density at radius 2 is 2.10 bits per heavy atom. The molecule has 0 radical (unpaired) electrons. The smallest absolute Gasteiger partial charge is 0.234 e. The number of hydrogen-bond donors (Lipinski definition) is 1. The van der Waals surface area contributed by atoms with Crippen LogP contribution in [0.2, 0.25) is 0 Å². The Balaban J connectivity index is 1.74. The van der Waals surface area contributed by atoms with Crippen molar-refractivity contribution in [3.05, 3.63) is 10.8 Å². The van der Waals surface area contributed by atoms with Gasteiger partial charge in [0.25, 0.3) is 0 Å². The highest BCUT2D eigenvalue weighted by atomic mass is 32.1. The van der Waals surface area contributed by atoms with E-state index in [1.165, 1.54) is 37.1 Å². The molecule has 5 nitrogen and oxygen atoms in total. The SMILES string of the molecule is CCC1(c2nn3c(C4CCC4)nnc3s2)CCNCC1. The summed E-state index contributed by atoms with van der Waals surface area (Å²) in [5, 5.41) is 18.4. The van der Waals surface area contributed by atoms with Gasteiger partial charge in [-0.25, -0.2) is 0 Å². The number of piperidine rings is 1. The molecule has 0 amide bonds. The summed E-state index contributed by atoms with van der Waals surface area (Å²) < 4.78 is 2.03. The molecule has 1 aliphatic heterocycles. The first-order chi connectivity index (χ1) is 9.82. The maximum atomic E-state index is 4.92. The number of nitrogens with zero attached hydrogens (tertiary/aromatic N) is 4. The Hall–Kier alpha value is -1.01. The summed E-state index contributed by atoms with van der Waals surface area (Å²) in [5.41, 5.74) is 0.257. The lowest BCUT2D eigenvalue weighted by atomic mass is 9.77. The summed E-state index contributed by atoms with van der Waals surface area (Å²) in [5.74, 6) is 1.68. The van der Waals surface area contributed by atoms with E-state index in [0.717, 1.165) is 30.3 Å². The van der Waals surface area contributed by atoms with Crippen LogP contribution in [0.1, 0.15) is 62.2 Å². The van der Waals surface area contributed by atoms with Crippen LogP contribution in [0.4, 0.5) is 0 Å². The maximum Gasteiger partial charge on any atom is 0.234 e. The van der Waals surface area contributed by atoms with Gasteiger partial charge in [-0.05, 0) is 45.2 Å². The molecule has 6 heteroatoms. The van der Waals surface area contributed by atoms with E-state index in [-0.39, 0.29) is 5.41 Å². The quantitative estimate of drug-likeness (QED) is 0.944. The van der Waals surface area contributed by atoms with E-state index in [1.54, 1.807) is 11.3 Å². The van der Waals surface area contributed by atoms with Gasteiger partial charge in [0.1, 0.15) is 5.01 Å². The van der Waals surface area contributed by atoms with Gasteiger partial charge in [0.05, 0.1) is 0 Å². The summed E-state index contributed by atoms with van der Waals surface area (Å²) in [6.07, 6.45) is 7.35. The first kappa shape index (κ1) is 12.7. The van der Waals surface area contributed by atoms with E-state index in [4.69, 9.17) is 5.10 Å². The Kier molecular flexibility index (Phi) is 3.03. The van der Waals surface area contributed by atoms with Gasteiger partial charge in [-0.3, -0.25) is 0 Å². The molecule has 2 aliphatic rings. The largest absolute Gasteiger partial charge is 0.317 e. The lowest BCUT2D eigenvalue weighted by Gasteiger charge is -2.34. The zero-order valence-corrected chi connectivity index (χ0v) is 12.7. The zero-order chi connectivity index (χ0) is 13.6. The topological polar surface area (TPSA) is 55.1 Å². The van der Waals surface area contributed by atoms with Gasteiger partial charge in [-0.2, -0.15) is 9.61 Å². The summed E-state index contributed by atoms with van der Waals surface area (Å²) in [7, 11) is 0. The van der Waals surface area contributed by atoms with Crippen molar-refractivity contribution < 1.29 is 0 Å². The van der Waals surface area contributed by atoms with E-state index >= 15 is 0 Å². The molecule has 0 bridgehead atoms. The van der Waals surface area contributed by atoms with Crippen LogP contribution in [-0.4, -0.2) is 32.9 Å². The maximum absolute atomic E-state index is 4.92. The Morgan fingerprint density at radius 1 is 1.30 bits per heavy atom. The summed E-state index contributed by atoms with van der Waals surface area (Å²) in [6.45, 7) is 4.49. The van der Waals surface area contributed by atoms with Crippen LogP contribution < -0.4 is 5.32 Å². The average Bonchev–Trinajstić information content (AvgIpc) is 3.00. The van der Waals surface area contributed by atoms with Gasteiger partial charge >= 0.3 is 0 Å². The predicted octanol–water partition coefficient (Wildman–Crippen LogP) is 2.48. The van der Waals surface area contributed by atoms with Crippen molar-refractivity contribution in [1.29, 1.82) is 0 Å². The molecule has 0 aromatic carbocycles. The highest BCUT2D eigenvalue weighted by Crippen LogP contribution is 2.40. The molecule has 2 fully saturated rings. The first-order valence-electron chi connectivity index (χ1n) is 7.76. The van der Waals surface area contributed by atoms with Gasteiger partial charge in [0.15, 0.2) is 5.82 Å². The van der Waals surface area contributed by atoms with E-state index in [0.29, 0.717) is 5.92 Å². The first-order valence-corrected chi connectivity index (χ1v) is 8.57. The van der Waals surface area contributed by atoms with E-state index in [2.05, 4.69) is 22.4 Å². The molecule has 1 saturated heterocycles. The second kappa shape index (κ2) is 4.77. The minimum atomic E-state index is 0.257. The Labute approximate surface area is 122 Å². The molecule has 1 aliphatic carbocycles. The Morgan fingerprint density at radius 3 is 2.75 bits per heavy atom. The fourth-order valence-corrected chi connectivity index (χ4v) is 4.55. The fourth-order valence-electron chi connectivity index (χ4n) is 3.39. The van der Waals surface area contributed by atoms with Crippen LogP contribution in [0.3, 0.4) is 0 Å². The molecule has 0 spiro atoms. The van der Waals surface area contributed by atoms with Gasteiger partial charge < -0.3 is 5.32 Å². The van der Waals surface area contributed by atoms with Crippen LogP contribution in [0.25, 0.3) is 4.96 Å². The van der Waals surface area contributed by atoms with Gasteiger partial charge in [-0.15, -0.1) is 10.2 Å². The highest BCUT2D eigenvalue weighted by Gasteiger charge is 2.36. The van der Waals surface area contributed by atoms with Crippen LogP contribution in [0, 0.1) is 0 Å². The van der Waals surface area contributed by atoms with Crippen molar-refractivity contribution >= 4 is 16.3 Å². The molecule has 2 aromatic rings. The van der Waals surface area contributed by atoms with Crippen molar-refractivity contribution in [3.63, 3.8) is 0 Å². The number of nitrogens with one attached hydrogen (secondary N) is 1. The van der Waals surface area contributed by atoms with Crippen molar-refractivity contribution in [1.82, 2.24) is 25.1 Å². The molecular weight excluding hydrogens is 270 g/mol. The normalized spacial score (nSPS) is 23.1. The van der Waals surface area contributed by atoms with Crippen LogP contribution >= 0.6 is 11.3 Å². The number of rotatable bonds is 3. The third-order valence-electron chi connectivity index (χ3n) is 5.18. The number of fused-ring (bicyclic) bond motifs is 1. The van der Waals surface area contributed by atoms with Crippen molar-refractivity contribution in [2.45, 2.75) is 56.8 Å². The highest BCUT2D eigenvalue weighted by molar-refractivity contribution is 7.16. The number of aromatic nitrogens is 4. The molecule has 108 valence electrons. The van der Waals surface area contributed by atoms with E-state index < -0.39 is 0 Å². The Bertz CT molecular complexity index is 606. The third-order valence-corrected chi connectivity index (χ3v) is 6.32. The molecule has 1 saturated carbocycles. The fraction of sp³-hybridized carbons (Fsp3) is 0.786.